The number of likely N-dealkylation sites (N-methyl/N-ethyl adjacent to an activating group) is 1. The van der Waals surface area contributed by atoms with E-state index in [1.165, 1.54) is 58.7 Å². The molecular weight excluding hydrogens is 210 g/mol. The predicted octanol–water partition coefficient (Wildman–Crippen LogP) is 1.60. The molecule has 0 radical (unpaired) electrons. The van der Waals surface area contributed by atoms with E-state index in [1.807, 2.05) is 13.8 Å². The number of rotatable bonds is 2. The van der Waals surface area contributed by atoms with Crippen LogP contribution in [0, 0.1) is 5.92 Å². The van der Waals surface area contributed by atoms with Crippen molar-refractivity contribution in [3.8, 4) is 0 Å². The normalized spacial score (nSPS) is 28.6. The lowest BCUT2D eigenvalue weighted by atomic mass is 9.97. The Kier molecular flexibility index (Phi) is 7.09. The lowest BCUT2D eigenvalue weighted by Gasteiger charge is -2.37. The summed E-state index contributed by atoms with van der Waals surface area (Å²) < 4.78 is 0. The number of piperidine rings is 1. The van der Waals surface area contributed by atoms with Crippen molar-refractivity contribution in [1.29, 1.82) is 0 Å². The SMILES string of the molecule is CC.CN1CCN(CC2CCCN(C)C2)CC1. The second-order valence-electron chi connectivity index (χ2n) is 5.37. The zero-order chi connectivity index (χ0) is 12.7. The Hall–Kier alpha value is -0.120. The van der Waals surface area contributed by atoms with Crippen molar-refractivity contribution in [3.05, 3.63) is 0 Å². The molecule has 0 aromatic rings. The van der Waals surface area contributed by atoms with E-state index in [0.29, 0.717) is 0 Å². The second kappa shape index (κ2) is 8.06. The maximum absolute atomic E-state index is 2.66. The molecule has 1 atom stereocenters. The fraction of sp³-hybridized carbons (Fsp3) is 1.00. The van der Waals surface area contributed by atoms with Crippen LogP contribution in [0.1, 0.15) is 26.7 Å². The summed E-state index contributed by atoms with van der Waals surface area (Å²) in [6.45, 7) is 13.0. The molecule has 0 spiro atoms. The Morgan fingerprint density at radius 1 is 0.882 bits per heavy atom. The van der Waals surface area contributed by atoms with E-state index in [9.17, 15) is 0 Å². The van der Waals surface area contributed by atoms with E-state index < -0.39 is 0 Å². The average Bonchev–Trinajstić information content (AvgIpc) is 2.35. The summed E-state index contributed by atoms with van der Waals surface area (Å²) in [6, 6.07) is 0. The van der Waals surface area contributed by atoms with Gasteiger partial charge in [0.05, 0.1) is 0 Å². The molecule has 3 heteroatoms. The minimum absolute atomic E-state index is 0.923. The first-order valence-electron chi connectivity index (χ1n) is 7.33. The molecule has 2 heterocycles. The molecule has 0 bridgehead atoms. The van der Waals surface area contributed by atoms with E-state index >= 15 is 0 Å². The number of hydrogen-bond acceptors (Lipinski definition) is 3. The number of likely N-dealkylation sites (tertiary alicyclic amines) is 1. The van der Waals surface area contributed by atoms with Crippen LogP contribution in [0.4, 0.5) is 0 Å². The molecule has 102 valence electrons. The Balaban J connectivity index is 0.000000686. The van der Waals surface area contributed by atoms with E-state index in [-0.39, 0.29) is 0 Å². The van der Waals surface area contributed by atoms with Crippen LogP contribution < -0.4 is 0 Å². The van der Waals surface area contributed by atoms with Crippen LogP contribution in [-0.2, 0) is 0 Å². The van der Waals surface area contributed by atoms with Crippen LogP contribution >= 0.6 is 0 Å². The van der Waals surface area contributed by atoms with Gasteiger partial charge in [-0.15, -0.1) is 0 Å². The first-order valence-corrected chi connectivity index (χ1v) is 7.33. The summed E-state index contributed by atoms with van der Waals surface area (Å²) >= 11 is 0. The molecule has 0 aliphatic carbocycles. The van der Waals surface area contributed by atoms with Gasteiger partial charge in [-0.05, 0) is 39.4 Å². The fourth-order valence-corrected chi connectivity index (χ4v) is 2.82. The first-order chi connectivity index (χ1) is 8.24. The zero-order valence-electron chi connectivity index (χ0n) is 12.3. The summed E-state index contributed by atoms with van der Waals surface area (Å²) in [5.74, 6) is 0.923. The molecule has 2 aliphatic heterocycles. The Bertz CT molecular complexity index is 188. The van der Waals surface area contributed by atoms with Gasteiger partial charge in [-0.1, -0.05) is 13.8 Å². The minimum atomic E-state index is 0.923. The highest BCUT2D eigenvalue weighted by atomic mass is 15.2. The second-order valence-corrected chi connectivity index (χ2v) is 5.37. The molecule has 0 aromatic heterocycles. The Morgan fingerprint density at radius 2 is 1.53 bits per heavy atom. The summed E-state index contributed by atoms with van der Waals surface area (Å²) in [4.78, 5) is 7.58. The van der Waals surface area contributed by atoms with Gasteiger partial charge < -0.3 is 14.7 Å². The van der Waals surface area contributed by atoms with Gasteiger partial charge in [0.2, 0.25) is 0 Å². The molecule has 0 amide bonds. The van der Waals surface area contributed by atoms with Crippen molar-refractivity contribution in [2.24, 2.45) is 5.92 Å². The van der Waals surface area contributed by atoms with Crippen molar-refractivity contribution in [3.63, 3.8) is 0 Å². The van der Waals surface area contributed by atoms with Gasteiger partial charge in [-0.3, -0.25) is 0 Å². The maximum atomic E-state index is 2.66. The van der Waals surface area contributed by atoms with Gasteiger partial charge in [-0.25, -0.2) is 0 Å². The highest BCUT2D eigenvalue weighted by molar-refractivity contribution is 4.77. The topological polar surface area (TPSA) is 9.72 Å². The lowest BCUT2D eigenvalue weighted by molar-refractivity contribution is 0.108. The van der Waals surface area contributed by atoms with Crippen molar-refractivity contribution in [2.75, 3.05) is 59.9 Å². The predicted molar refractivity (Wildman–Crippen MR) is 75.5 cm³/mol. The molecule has 0 N–H and O–H groups in total. The highest BCUT2D eigenvalue weighted by Crippen LogP contribution is 2.16. The number of nitrogens with zero attached hydrogens (tertiary/aromatic N) is 3. The maximum Gasteiger partial charge on any atom is 0.0110 e. The third kappa shape index (κ3) is 5.36. The van der Waals surface area contributed by atoms with Crippen molar-refractivity contribution < 1.29 is 0 Å². The molecule has 17 heavy (non-hydrogen) atoms. The van der Waals surface area contributed by atoms with Crippen LogP contribution in [0.3, 0.4) is 0 Å². The average molecular weight is 241 g/mol. The molecular formula is C14H31N3. The Morgan fingerprint density at radius 3 is 2.12 bits per heavy atom. The smallest absolute Gasteiger partial charge is 0.0110 e. The van der Waals surface area contributed by atoms with Gasteiger partial charge in [-0.2, -0.15) is 0 Å². The largest absolute Gasteiger partial charge is 0.306 e. The van der Waals surface area contributed by atoms with E-state index in [0.717, 1.165) is 5.92 Å². The molecule has 2 saturated heterocycles. The van der Waals surface area contributed by atoms with Crippen molar-refractivity contribution in [1.82, 2.24) is 14.7 Å². The summed E-state index contributed by atoms with van der Waals surface area (Å²) in [6.07, 6.45) is 2.84. The molecule has 2 fully saturated rings. The monoisotopic (exact) mass is 241 g/mol. The molecule has 0 aromatic carbocycles. The van der Waals surface area contributed by atoms with Crippen molar-refractivity contribution >= 4 is 0 Å². The highest BCUT2D eigenvalue weighted by Gasteiger charge is 2.21. The molecule has 2 rings (SSSR count). The number of hydrogen-bond donors (Lipinski definition) is 0. The third-order valence-electron chi connectivity index (χ3n) is 3.83. The van der Waals surface area contributed by atoms with Crippen molar-refractivity contribution in [2.45, 2.75) is 26.7 Å². The van der Waals surface area contributed by atoms with Crippen LogP contribution in [0.2, 0.25) is 0 Å². The van der Waals surface area contributed by atoms with Crippen LogP contribution in [0.15, 0.2) is 0 Å². The van der Waals surface area contributed by atoms with E-state index in [2.05, 4.69) is 28.8 Å². The van der Waals surface area contributed by atoms with Gasteiger partial charge >= 0.3 is 0 Å². The summed E-state index contributed by atoms with van der Waals surface area (Å²) in [5, 5.41) is 0. The molecule has 1 unspecified atom stereocenters. The fourth-order valence-electron chi connectivity index (χ4n) is 2.82. The quantitative estimate of drug-likeness (QED) is 0.727. The summed E-state index contributed by atoms with van der Waals surface area (Å²) in [5.41, 5.74) is 0. The van der Waals surface area contributed by atoms with E-state index in [1.54, 1.807) is 0 Å². The molecule has 3 nitrogen and oxygen atoms in total. The van der Waals surface area contributed by atoms with Crippen LogP contribution in [-0.4, -0.2) is 74.6 Å². The standard InChI is InChI=1S/C12H25N3.C2H6/c1-13-6-8-15(9-7-13)11-12-4-3-5-14(2)10-12;1-2/h12H,3-11H2,1-2H3;1-2H3. The zero-order valence-corrected chi connectivity index (χ0v) is 12.3. The van der Waals surface area contributed by atoms with Gasteiger partial charge in [0, 0.05) is 39.3 Å². The molecule has 2 aliphatic rings. The van der Waals surface area contributed by atoms with Gasteiger partial charge in [0.1, 0.15) is 0 Å². The van der Waals surface area contributed by atoms with E-state index in [4.69, 9.17) is 0 Å². The lowest BCUT2D eigenvalue weighted by Crippen LogP contribution is -2.48. The first kappa shape index (κ1) is 14.9. The minimum Gasteiger partial charge on any atom is -0.306 e. The van der Waals surface area contributed by atoms with Crippen LogP contribution in [0.5, 0.6) is 0 Å². The van der Waals surface area contributed by atoms with Crippen LogP contribution in [0.25, 0.3) is 0 Å². The van der Waals surface area contributed by atoms with Gasteiger partial charge in [0.15, 0.2) is 0 Å². The molecule has 0 saturated carbocycles. The van der Waals surface area contributed by atoms with Gasteiger partial charge in [0.25, 0.3) is 0 Å². The summed E-state index contributed by atoms with van der Waals surface area (Å²) in [7, 11) is 4.49. The third-order valence-corrected chi connectivity index (χ3v) is 3.83. The Labute approximate surface area is 108 Å². The number of piperazine rings is 1.